The Morgan fingerprint density at radius 3 is 1.95 bits per heavy atom. The van der Waals surface area contributed by atoms with Crippen LogP contribution in [0.2, 0.25) is 0 Å². The number of phenols is 1. The SMILES string of the molecule is CCC(C)C(NC(=O)C(CCC(N)=O)NC(=O)C(Cc1ccc(O)cc1)NC(=O)C(N)CC(C)C)C(=O)O. The molecule has 1 rings (SSSR count). The second-order valence-electron chi connectivity index (χ2n) is 9.94. The van der Waals surface area contributed by atoms with Gasteiger partial charge in [-0.1, -0.05) is 46.2 Å². The Labute approximate surface area is 222 Å². The molecule has 1 aromatic carbocycles. The number of rotatable bonds is 16. The van der Waals surface area contributed by atoms with Gasteiger partial charge in [0.1, 0.15) is 23.9 Å². The van der Waals surface area contributed by atoms with Crippen LogP contribution in [0.5, 0.6) is 5.75 Å². The van der Waals surface area contributed by atoms with E-state index in [-0.39, 0.29) is 30.9 Å². The summed E-state index contributed by atoms with van der Waals surface area (Å²) < 4.78 is 0. The number of carbonyl (C=O) groups excluding carboxylic acids is 4. The number of aliphatic carboxylic acids is 1. The van der Waals surface area contributed by atoms with E-state index in [1.54, 1.807) is 26.0 Å². The molecule has 0 saturated heterocycles. The smallest absolute Gasteiger partial charge is 0.326 e. The first-order valence-electron chi connectivity index (χ1n) is 12.7. The van der Waals surface area contributed by atoms with Crippen molar-refractivity contribution in [1.82, 2.24) is 16.0 Å². The molecule has 9 N–H and O–H groups in total. The summed E-state index contributed by atoms with van der Waals surface area (Å²) in [6.45, 7) is 7.25. The van der Waals surface area contributed by atoms with Crippen molar-refractivity contribution in [2.24, 2.45) is 23.3 Å². The Morgan fingerprint density at radius 2 is 1.45 bits per heavy atom. The number of nitrogens with two attached hydrogens (primary N) is 2. The van der Waals surface area contributed by atoms with E-state index >= 15 is 0 Å². The van der Waals surface area contributed by atoms with E-state index in [4.69, 9.17) is 11.5 Å². The molecule has 4 amide bonds. The highest BCUT2D eigenvalue weighted by atomic mass is 16.4. The van der Waals surface area contributed by atoms with E-state index in [9.17, 15) is 34.2 Å². The molecule has 1 aromatic rings. The van der Waals surface area contributed by atoms with Crippen LogP contribution in [0.1, 0.15) is 58.9 Å². The molecule has 0 bridgehead atoms. The molecular formula is C26H41N5O7. The third-order valence-electron chi connectivity index (χ3n) is 6.16. The van der Waals surface area contributed by atoms with E-state index in [1.807, 2.05) is 13.8 Å². The molecule has 38 heavy (non-hydrogen) atoms. The van der Waals surface area contributed by atoms with Crippen LogP contribution in [0, 0.1) is 11.8 Å². The van der Waals surface area contributed by atoms with Crippen molar-refractivity contribution in [3.05, 3.63) is 29.8 Å². The molecule has 0 radical (unpaired) electrons. The Bertz CT molecular complexity index is 967. The fourth-order valence-corrected chi connectivity index (χ4v) is 3.74. The van der Waals surface area contributed by atoms with Crippen LogP contribution in [0.3, 0.4) is 0 Å². The van der Waals surface area contributed by atoms with Crippen LogP contribution < -0.4 is 27.4 Å². The summed E-state index contributed by atoms with van der Waals surface area (Å²) in [5.41, 5.74) is 11.8. The first kappa shape index (κ1) is 32.4. The number of carboxylic acids is 1. The molecule has 0 aliphatic heterocycles. The van der Waals surface area contributed by atoms with Crippen molar-refractivity contribution < 1.29 is 34.2 Å². The highest BCUT2D eigenvalue weighted by Gasteiger charge is 2.32. The van der Waals surface area contributed by atoms with Gasteiger partial charge in [0.05, 0.1) is 6.04 Å². The van der Waals surface area contributed by atoms with Gasteiger partial charge in [0.25, 0.3) is 0 Å². The summed E-state index contributed by atoms with van der Waals surface area (Å²) in [7, 11) is 0. The van der Waals surface area contributed by atoms with Crippen LogP contribution in [-0.4, -0.2) is 64.0 Å². The van der Waals surface area contributed by atoms with Gasteiger partial charge in [0, 0.05) is 12.8 Å². The van der Waals surface area contributed by atoms with Gasteiger partial charge in [-0.3, -0.25) is 19.2 Å². The monoisotopic (exact) mass is 535 g/mol. The molecule has 5 unspecified atom stereocenters. The molecule has 12 heteroatoms. The van der Waals surface area contributed by atoms with E-state index in [1.165, 1.54) is 12.1 Å². The number of aromatic hydroxyl groups is 1. The second-order valence-corrected chi connectivity index (χ2v) is 9.94. The molecule has 0 saturated carbocycles. The molecule has 0 fully saturated rings. The molecule has 12 nitrogen and oxygen atoms in total. The maximum Gasteiger partial charge on any atom is 0.326 e. The summed E-state index contributed by atoms with van der Waals surface area (Å²) in [6, 6.07) is 1.51. The van der Waals surface area contributed by atoms with Gasteiger partial charge in [-0.15, -0.1) is 0 Å². The summed E-state index contributed by atoms with van der Waals surface area (Å²) in [6.07, 6.45) is 0.462. The number of phenolic OH excluding ortho intramolecular Hbond substituents is 1. The van der Waals surface area contributed by atoms with Crippen LogP contribution >= 0.6 is 0 Å². The predicted octanol–water partition coefficient (Wildman–Crippen LogP) is 0.159. The van der Waals surface area contributed by atoms with Crippen molar-refractivity contribution in [2.75, 3.05) is 0 Å². The van der Waals surface area contributed by atoms with Crippen molar-refractivity contribution in [1.29, 1.82) is 0 Å². The highest BCUT2D eigenvalue weighted by molar-refractivity contribution is 5.94. The number of hydrogen-bond acceptors (Lipinski definition) is 7. The molecule has 0 aromatic heterocycles. The van der Waals surface area contributed by atoms with Gasteiger partial charge in [-0.05, 0) is 42.4 Å². The second kappa shape index (κ2) is 15.6. The van der Waals surface area contributed by atoms with Gasteiger partial charge in [0.2, 0.25) is 23.6 Å². The number of carboxylic acid groups (broad SMARTS) is 1. The third kappa shape index (κ3) is 11.2. The number of amides is 4. The van der Waals surface area contributed by atoms with Crippen LogP contribution in [0.4, 0.5) is 0 Å². The van der Waals surface area contributed by atoms with Crippen molar-refractivity contribution >= 4 is 29.6 Å². The van der Waals surface area contributed by atoms with Crippen LogP contribution in [-0.2, 0) is 30.4 Å². The standard InChI is InChI=1S/C26H41N5O7/c1-5-15(4)22(26(37)38)31-24(35)19(10-11-21(28)33)29-25(36)20(13-16-6-8-17(32)9-7-16)30-23(34)18(27)12-14(2)3/h6-9,14-15,18-20,22,32H,5,10-13,27H2,1-4H3,(H2,28,33)(H,29,36)(H,30,34)(H,31,35)(H,37,38). The molecule has 0 heterocycles. The lowest BCUT2D eigenvalue weighted by atomic mass is 9.98. The summed E-state index contributed by atoms with van der Waals surface area (Å²) in [4.78, 5) is 62.2. The molecular weight excluding hydrogens is 494 g/mol. The van der Waals surface area contributed by atoms with E-state index in [0.717, 1.165) is 0 Å². The normalized spacial score (nSPS) is 15.0. The highest BCUT2D eigenvalue weighted by Crippen LogP contribution is 2.13. The van der Waals surface area contributed by atoms with Crippen molar-refractivity contribution in [3.63, 3.8) is 0 Å². The average Bonchev–Trinajstić information content (AvgIpc) is 2.84. The number of primary amides is 1. The third-order valence-corrected chi connectivity index (χ3v) is 6.16. The zero-order valence-electron chi connectivity index (χ0n) is 22.4. The van der Waals surface area contributed by atoms with E-state index in [0.29, 0.717) is 18.4 Å². The van der Waals surface area contributed by atoms with Gasteiger partial charge < -0.3 is 37.6 Å². The van der Waals surface area contributed by atoms with Gasteiger partial charge in [0.15, 0.2) is 0 Å². The number of benzene rings is 1. The number of nitrogens with one attached hydrogen (secondary N) is 3. The van der Waals surface area contributed by atoms with Crippen molar-refractivity contribution in [2.45, 2.75) is 84.0 Å². The van der Waals surface area contributed by atoms with E-state index in [2.05, 4.69) is 16.0 Å². The Hall–Kier alpha value is -3.67. The summed E-state index contributed by atoms with van der Waals surface area (Å²) in [5, 5.41) is 26.7. The fourth-order valence-electron chi connectivity index (χ4n) is 3.74. The summed E-state index contributed by atoms with van der Waals surface area (Å²) in [5.74, 6) is -4.26. The Balaban J connectivity index is 3.19. The maximum atomic E-state index is 13.3. The minimum absolute atomic E-state index is 0.0149. The topological polar surface area (TPSA) is 214 Å². The largest absolute Gasteiger partial charge is 0.508 e. The zero-order valence-corrected chi connectivity index (χ0v) is 22.4. The lowest BCUT2D eigenvalue weighted by Gasteiger charge is -2.26. The minimum atomic E-state index is -1.29. The average molecular weight is 536 g/mol. The van der Waals surface area contributed by atoms with Crippen molar-refractivity contribution in [3.8, 4) is 5.75 Å². The van der Waals surface area contributed by atoms with E-state index < -0.39 is 59.7 Å². The quantitative estimate of drug-likeness (QED) is 0.154. The maximum absolute atomic E-state index is 13.3. The first-order chi connectivity index (χ1) is 17.7. The van der Waals surface area contributed by atoms with Crippen LogP contribution in [0.15, 0.2) is 24.3 Å². The number of carbonyl (C=O) groups is 5. The molecule has 0 aliphatic carbocycles. The lowest BCUT2D eigenvalue weighted by molar-refractivity contribution is -0.144. The Morgan fingerprint density at radius 1 is 0.895 bits per heavy atom. The number of hydrogen-bond donors (Lipinski definition) is 7. The molecule has 5 atom stereocenters. The minimum Gasteiger partial charge on any atom is -0.508 e. The molecule has 0 spiro atoms. The van der Waals surface area contributed by atoms with Gasteiger partial charge in [-0.25, -0.2) is 4.79 Å². The Kier molecular flexibility index (Phi) is 13.2. The van der Waals surface area contributed by atoms with Crippen LogP contribution in [0.25, 0.3) is 0 Å². The molecule has 212 valence electrons. The summed E-state index contributed by atoms with van der Waals surface area (Å²) >= 11 is 0. The molecule has 0 aliphatic rings. The fraction of sp³-hybridized carbons (Fsp3) is 0.577. The van der Waals surface area contributed by atoms with Gasteiger partial charge in [-0.2, -0.15) is 0 Å². The zero-order chi connectivity index (χ0) is 29.0. The van der Waals surface area contributed by atoms with Gasteiger partial charge >= 0.3 is 5.97 Å². The predicted molar refractivity (Wildman–Crippen MR) is 141 cm³/mol. The first-order valence-corrected chi connectivity index (χ1v) is 12.7. The lowest BCUT2D eigenvalue weighted by Crippen LogP contribution is -2.58.